The summed E-state index contributed by atoms with van der Waals surface area (Å²) in [5.74, 6) is -0.0379. The second-order valence-electron chi connectivity index (χ2n) is 4.52. The summed E-state index contributed by atoms with van der Waals surface area (Å²) in [6.07, 6.45) is 0.822. The molecule has 1 aromatic carbocycles. The Kier molecular flexibility index (Phi) is 3.45. The number of hydroxylamine groups is 1. The van der Waals surface area contributed by atoms with Gasteiger partial charge in [0, 0.05) is 0 Å². The van der Waals surface area contributed by atoms with Crippen LogP contribution >= 0.6 is 0 Å². The van der Waals surface area contributed by atoms with Crippen molar-refractivity contribution in [3.8, 4) is 0 Å². The van der Waals surface area contributed by atoms with Crippen LogP contribution in [-0.2, 0) is 9.63 Å². The minimum Gasteiger partial charge on any atom is -0.309 e. The van der Waals surface area contributed by atoms with Crippen molar-refractivity contribution in [3.05, 3.63) is 29.8 Å². The molecule has 0 bridgehead atoms. The number of rotatable bonds is 4. The number of amides is 1. The number of hydrogen-bond donors (Lipinski definition) is 0. The Hall–Kier alpha value is -1.39. The molecule has 0 N–H and O–H groups in total. The number of benzene rings is 1. The van der Waals surface area contributed by atoms with Gasteiger partial charge in [-0.3, -0.25) is 9.63 Å². The van der Waals surface area contributed by atoms with Crippen molar-refractivity contribution < 1.29 is 9.63 Å². The molecule has 1 atom stereocenters. The number of carbonyl (C=O) groups is 1. The normalized spacial score (nSPS) is 18.9. The second-order valence-corrected chi connectivity index (χ2v) is 4.52. The molecule has 1 heterocycles. The van der Waals surface area contributed by atoms with Gasteiger partial charge in [-0.1, -0.05) is 18.2 Å². The zero-order chi connectivity index (χ0) is 12.4. The van der Waals surface area contributed by atoms with E-state index < -0.39 is 0 Å². The van der Waals surface area contributed by atoms with Gasteiger partial charge in [0.25, 0.3) is 5.91 Å². The van der Waals surface area contributed by atoms with Gasteiger partial charge < -0.3 is 4.90 Å². The van der Waals surface area contributed by atoms with Gasteiger partial charge in [0.05, 0.1) is 18.7 Å². The topological polar surface area (TPSA) is 32.8 Å². The number of anilines is 1. The van der Waals surface area contributed by atoms with E-state index in [2.05, 4.69) is 4.90 Å². The Balaban J connectivity index is 2.26. The standard InChI is InChI=1S/C13H18N2O2/c1-14(2)9-8-11-10-6-4-5-7-12(10)15(17-3)13(11)16/h4-7,11H,8-9H2,1-3H3. The molecule has 1 aliphatic rings. The van der Waals surface area contributed by atoms with Crippen LogP contribution in [0.5, 0.6) is 0 Å². The van der Waals surface area contributed by atoms with Crippen molar-refractivity contribution >= 4 is 11.6 Å². The Morgan fingerprint density at radius 1 is 1.35 bits per heavy atom. The summed E-state index contributed by atoms with van der Waals surface area (Å²) in [5, 5.41) is 1.40. The molecule has 0 fully saturated rings. The summed E-state index contributed by atoms with van der Waals surface area (Å²) in [7, 11) is 5.56. The highest BCUT2D eigenvalue weighted by atomic mass is 16.7. The predicted octanol–water partition coefficient (Wildman–Crippen LogP) is 1.63. The lowest BCUT2D eigenvalue weighted by Gasteiger charge is -2.15. The second kappa shape index (κ2) is 4.85. The van der Waals surface area contributed by atoms with Crippen molar-refractivity contribution in [3.63, 3.8) is 0 Å². The smallest absolute Gasteiger partial charge is 0.258 e. The fourth-order valence-corrected chi connectivity index (χ4v) is 2.22. The number of fused-ring (bicyclic) bond motifs is 1. The third kappa shape index (κ3) is 2.18. The largest absolute Gasteiger partial charge is 0.309 e. The zero-order valence-electron chi connectivity index (χ0n) is 10.5. The van der Waals surface area contributed by atoms with E-state index in [-0.39, 0.29) is 11.8 Å². The molecular formula is C13H18N2O2. The van der Waals surface area contributed by atoms with Gasteiger partial charge in [-0.15, -0.1) is 0 Å². The Morgan fingerprint density at radius 3 is 2.71 bits per heavy atom. The number of para-hydroxylation sites is 1. The van der Waals surface area contributed by atoms with Crippen LogP contribution in [0, 0.1) is 0 Å². The molecule has 1 aliphatic heterocycles. The van der Waals surface area contributed by atoms with E-state index in [1.54, 1.807) is 0 Å². The van der Waals surface area contributed by atoms with Crippen LogP contribution in [0.25, 0.3) is 0 Å². The minimum atomic E-state index is -0.0754. The first-order valence-electron chi connectivity index (χ1n) is 5.77. The maximum atomic E-state index is 12.2. The summed E-state index contributed by atoms with van der Waals surface area (Å²) in [6, 6.07) is 7.82. The molecule has 17 heavy (non-hydrogen) atoms. The van der Waals surface area contributed by atoms with Gasteiger partial charge in [-0.2, -0.15) is 5.06 Å². The van der Waals surface area contributed by atoms with E-state index in [1.807, 2.05) is 38.4 Å². The van der Waals surface area contributed by atoms with Gasteiger partial charge in [-0.05, 0) is 38.7 Å². The van der Waals surface area contributed by atoms with Crippen molar-refractivity contribution in [1.29, 1.82) is 0 Å². The van der Waals surface area contributed by atoms with E-state index in [1.165, 1.54) is 12.2 Å². The van der Waals surface area contributed by atoms with Crippen LogP contribution in [0.3, 0.4) is 0 Å². The van der Waals surface area contributed by atoms with E-state index in [0.717, 1.165) is 24.2 Å². The molecule has 0 aliphatic carbocycles. The van der Waals surface area contributed by atoms with E-state index in [9.17, 15) is 4.79 Å². The molecule has 2 rings (SSSR count). The van der Waals surface area contributed by atoms with Crippen LogP contribution in [0.2, 0.25) is 0 Å². The van der Waals surface area contributed by atoms with Gasteiger partial charge in [0.1, 0.15) is 0 Å². The first kappa shape index (κ1) is 12.1. The summed E-state index contributed by atoms with van der Waals surface area (Å²) >= 11 is 0. The number of nitrogens with zero attached hydrogens (tertiary/aromatic N) is 2. The summed E-state index contributed by atoms with van der Waals surface area (Å²) in [5.41, 5.74) is 1.95. The Morgan fingerprint density at radius 2 is 2.06 bits per heavy atom. The first-order valence-corrected chi connectivity index (χ1v) is 5.77. The average Bonchev–Trinajstić information content (AvgIpc) is 2.58. The summed E-state index contributed by atoms with van der Waals surface area (Å²) in [4.78, 5) is 19.4. The SMILES string of the molecule is CON1C(=O)C(CCN(C)C)c2ccccc21. The monoisotopic (exact) mass is 234 g/mol. The summed E-state index contributed by atoms with van der Waals surface area (Å²) in [6.45, 7) is 0.891. The molecular weight excluding hydrogens is 216 g/mol. The highest BCUT2D eigenvalue weighted by Crippen LogP contribution is 2.38. The number of carbonyl (C=O) groups excluding carboxylic acids is 1. The molecule has 1 unspecified atom stereocenters. The Labute approximate surface area is 102 Å². The lowest BCUT2D eigenvalue weighted by Crippen LogP contribution is -2.28. The van der Waals surface area contributed by atoms with E-state index in [0.29, 0.717) is 0 Å². The highest BCUT2D eigenvalue weighted by molar-refractivity contribution is 6.03. The highest BCUT2D eigenvalue weighted by Gasteiger charge is 2.37. The Bertz CT molecular complexity index is 418. The molecule has 0 radical (unpaired) electrons. The van der Waals surface area contributed by atoms with Gasteiger partial charge in [0.2, 0.25) is 0 Å². The molecule has 1 amide bonds. The third-order valence-electron chi connectivity index (χ3n) is 3.08. The molecule has 0 spiro atoms. The summed E-state index contributed by atoms with van der Waals surface area (Å²) < 4.78 is 0. The average molecular weight is 234 g/mol. The predicted molar refractivity (Wildman–Crippen MR) is 66.8 cm³/mol. The maximum absolute atomic E-state index is 12.2. The van der Waals surface area contributed by atoms with Gasteiger partial charge in [-0.25, -0.2) is 0 Å². The van der Waals surface area contributed by atoms with E-state index >= 15 is 0 Å². The molecule has 4 heteroatoms. The number of hydrogen-bond acceptors (Lipinski definition) is 3. The molecule has 0 aromatic heterocycles. The first-order chi connectivity index (χ1) is 8.15. The lowest BCUT2D eigenvalue weighted by molar-refractivity contribution is -0.125. The van der Waals surface area contributed by atoms with Crippen LogP contribution in [0.1, 0.15) is 17.9 Å². The zero-order valence-corrected chi connectivity index (χ0v) is 10.5. The fraction of sp³-hybridized carbons (Fsp3) is 0.462. The van der Waals surface area contributed by atoms with Crippen molar-refractivity contribution in [1.82, 2.24) is 4.90 Å². The van der Waals surface area contributed by atoms with Crippen LogP contribution in [-0.4, -0.2) is 38.6 Å². The van der Waals surface area contributed by atoms with Crippen molar-refractivity contribution in [2.45, 2.75) is 12.3 Å². The van der Waals surface area contributed by atoms with Crippen LogP contribution in [0.15, 0.2) is 24.3 Å². The van der Waals surface area contributed by atoms with Crippen molar-refractivity contribution in [2.75, 3.05) is 32.8 Å². The molecule has 0 saturated carbocycles. The molecule has 92 valence electrons. The van der Waals surface area contributed by atoms with Crippen LogP contribution in [0.4, 0.5) is 5.69 Å². The van der Waals surface area contributed by atoms with Gasteiger partial charge in [0.15, 0.2) is 0 Å². The van der Waals surface area contributed by atoms with Gasteiger partial charge >= 0.3 is 0 Å². The lowest BCUT2D eigenvalue weighted by atomic mass is 9.97. The molecule has 1 aromatic rings. The molecule has 4 nitrogen and oxygen atoms in total. The third-order valence-corrected chi connectivity index (χ3v) is 3.08. The fourth-order valence-electron chi connectivity index (χ4n) is 2.22. The minimum absolute atomic E-state index is 0.0375. The van der Waals surface area contributed by atoms with E-state index in [4.69, 9.17) is 4.84 Å². The maximum Gasteiger partial charge on any atom is 0.258 e. The quantitative estimate of drug-likeness (QED) is 0.793. The van der Waals surface area contributed by atoms with Crippen LogP contribution < -0.4 is 5.06 Å². The molecule has 0 saturated heterocycles. The van der Waals surface area contributed by atoms with Crippen molar-refractivity contribution in [2.24, 2.45) is 0 Å².